The van der Waals surface area contributed by atoms with Crippen molar-refractivity contribution < 1.29 is 9.53 Å². The van der Waals surface area contributed by atoms with E-state index < -0.39 is 0 Å². The summed E-state index contributed by atoms with van der Waals surface area (Å²) in [5, 5.41) is 0. The Kier molecular flexibility index (Phi) is 10.2. The van der Waals surface area contributed by atoms with Crippen molar-refractivity contribution in [2.45, 2.75) is 45.6 Å². The van der Waals surface area contributed by atoms with Crippen LogP contribution in [-0.2, 0) is 11.3 Å². The third-order valence-corrected chi connectivity index (χ3v) is 5.28. The molecule has 5 heteroatoms. The molecule has 0 atom stereocenters. The summed E-state index contributed by atoms with van der Waals surface area (Å²) in [4.78, 5) is 19.4. The number of likely N-dealkylation sites (N-methyl/N-ethyl adjacent to an activating group) is 1. The molecule has 0 saturated carbocycles. The molecule has 0 unspecified atom stereocenters. The van der Waals surface area contributed by atoms with E-state index in [-0.39, 0.29) is 6.09 Å². The van der Waals surface area contributed by atoms with Crippen LogP contribution in [0.1, 0.15) is 44.6 Å². The van der Waals surface area contributed by atoms with Crippen LogP contribution >= 0.6 is 0 Å². The first kappa shape index (κ1) is 21.7. The maximum absolute atomic E-state index is 12.6. The Labute approximate surface area is 165 Å². The molecule has 1 aliphatic rings. The number of rotatable bonds is 11. The average molecular weight is 376 g/mol. The summed E-state index contributed by atoms with van der Waals surface area (Å²) in [6.07, 6.45) is 5.84. The molecule has 1 fully saturated rings. The van der Waals surface area contributed by atoms with E-state index in [2.05, 4.69) is 23.8 Å². The lowest BCUT2D eigenvalue weighted by molar-refractivity contribution is 0.0851. The number of nitrogens with zero attached hydrogens (tertiary/aromatic N) is 3. The third-order valence-electron chi connectivity index (χ3n) is 5.28. The number of hydrogen-bond acceptors (Lipinski definition) is 4. The van der Waals surface area contributed by atoms with Crippen molar-refractivity contribution in [2.24, 2.45) is 0 Å². The van der Waals surface area contributed by atoms with Gasteiger partial charge in [-0.25, -0.2) is 4.79 Å². The van der Waals surface area contributed by atoms with Gasteiger partial charge in [0.1, 0.15) is 6.61 Å². The summed E-state index contributed by atoms with van der Waals surface area (Å²) in [5.41, 5.74) is 1.04. The van der Waals surface area contributed by atoms with E-state index in [4.69, 9.17) is 4.74 Å². The summed E-state index contributed by atoms with van der Waals surface area (Å²) >= 11 is 0. The molecule has 0 bridgehead atoms. The maximum Gasteiger partial charge on any atom is 0.410 e. The van der Waals surface area contributed by atoms with Crippen LogP contribution in [0.2, 0.25) is 0 Å². The fourth-order valence-electron chi connectivity index (χ4n) is 3.34. The molecule has 1 aromatic rings. The summed E-state index contributed by atoms with van der Waals surface area (Å²) in [5.74, 6) is 0. The zero-order valence-electron chi connectivity index (χ0n) is 17.2. The van der Waals surface area contributed by atoms with Crippen molar-refractivity contribution in [3.05, 3.63) is 35.9 Å². The van der Waals surface area contributed by atoms with Crippen LogP contribution in [0.25, 0.3) is 0 Å². The van der Waals surface area contributed by atoms with Crippen LogP contribution in [0.15, 0.2) is 30.3 Å². The van der Waals surface area contributed by atoms with Gasteiger partial charge in [0, 0.05) is 45.8 Å². The van der Waals surface area contributed by atoms with Gasteiger partial charge < -0.3 is 14.5 Å². The van der Waals surface area contributed by atoms with Gasteiger partial charge in [-0.15, -0.1) is 0 Å². The summed E-state index contributed by atoms with van der Waals surface area (Å²) in [6.45, 7) is 9.44. The van der Waals surface area contributed by atoms with Gasteiger partial charge in [0.15, 0.2) is 0 Å². The summed E-state index contributed by atoms with van der Waals surface area (Å²) in [7, 11) is 2.17. The first-order valence-electron chi connectivity index (χ1n) is 10.6. The van der Waals surface area contributed by atoms with Crippen LogP contribution in [-0.4, -0.2) is 73.7 Å². The number of benzene rings is 1. The first-order chi connectivity index (χ1) is 13.2. The lowest BCUT2D eigenvalue weighted by atomic mass is 10.1. The highest BCUT2D eigenvalue weighted by Gasteiger charge is 2.18. The highest BCUT2D eigenvalue weighted by Crippen LogP contribution is 2.08. The molecule has 152 valence electrons. The second kappa shape index (κ2) is 12.7. The number of carbonyl (C=O) groups is 1. The number of unbranched alkanes of at least 4 members (excludes halogenated alkanes) is 4. The molecule has 0 aromatic heterocycles. The topological polar surface area (TPSA) is 36.0 Å². The molecule has 0 spiro atoms. The number of ether oxygens (including phenoxy) is 1. The van der Waals surface area contributed by atoms with Crippen molar-refractivity contribution in [1.82, 2.24) is 14.7 Å². The number of carbonyl (C=O) groups excluding carboxylic acids is 1. The van der Waals surface area contributed by atoms with Gasteiger partial charge >= 0.3 is 6.09 Å². The van der Waals surface area contributed by atoms with E-state index >= 15 is 0 Å². The Hall–Kier alpha value is -1.59. The molecule has 1 aliphatic heterocycles. The lowest BCUT2D eigenvalue weighted by Gasteiger charge is -2.33. The fourth-order valence-corrected chi connectivity index (χ4v) is 3.34. The largest absolute Gasteiger partial charge is 0.445 e. The third kappa shape index (κ3) is 8.76. The minimum atomic E-state index is -0.177. The summed E-state index contributed by atoms with van der Waals surface area (Å²) < 4.78 is 5.59. The normalized spacial score (nSPS) is 15.6. The molecule has 5 nitrogen and oxygen atoms in total. The second-order valence-corrected chi connectivity index (χ2v) is 7.59. The van der Waals surface area contributed by atoms with Crippen LogP contribution in [0.3, 0.4) is 0 Å². The van der Waals surface area contributed by atoms with Crippen LogP contribution < -0.4 is 0 Å². The molecule has 1 heterocycles. The molecule has 1 amide bonds. The van der Waals surface area contributed by atoms with Crippen molar-refractivity contribution in [3.8, 4) is 0 Å². The fraction of sp³-hybridized carbons (Fsp3) is 0.682. The Morgan fingerprint density at radius 2 is 1.70 bits per heavy atom. The van der Waals surface area contributed by atoms with Gasteiger partial charge in [0.2, 0.25) is 0 Å². The molecular formula is C22H37N3O2. The van der Waals surface area contributed by atoms with Crippen molar-refractivity contribution in [3.63, 3.8) is 0 Å². The van der Waals surface area contributed by atoms with E-state index in [1.54, 1.807) is 0 Å². The minimum absolute atomic E-state index is 0.177. The highest BCUT2D eigenvalue weighted by molar-refractivity contribution is 5.67. The molecule has 1 saturated heterocycles. The van der Waals surface area contributed by atoms with Gasteiger partial charge in [0.25, 0.3) is 0 Å². The van der Waals surface area contributed by atoms with E-state index in [9.17, 15) is 4.79 Å². The van der Waals surface area contributed by atoms with Gasteiger partial charge in [0.05, 0.1) is 0 Å². The van der Waals surface area contributed by atoms with Crippen molar-refractivity contribution >= 4 is 6.09 Å². The predicted octanol–water partition coefficient (Wildman–Crippen LogP) is 3.84. The molecule has 0 aliphatic carbocycles. The van der Waals surface area contributed by atoms with Crippen molar-refractivity contribution in [2.75, 3.05) is 52.9 Å². The van der Waals surface area contributed by atoms with Crippen LogP contribution in [0.5, 0.6) is 0 Å². The molecule has 27 heavy (non-hydrogen) atoms. The Bertz CT molecular complexity index is 516. The number of hydrogen-bond donors (Lipinski definition) is 0. The maximum atomic E-state index is 12.6. The van der Waals surface area contributed by atoms with Gasteiger partial charge in [-0.05, 0) is 19.0 Å². The van der Waals surface area contributed by atoms with E-state index in [0.717, 1.165) is 57.8 Å². The number of amides is 1. The standard InChI is InChI=1S/C22H37N3O2/c1-3-4-5-6-10-13-25(19-18-24-16-14-23(2)15-17-24)22(26)27-20-21-11-8-7-9-12-21/h7-9,11-12H,3-6,10,13-20H2,1-2H3. The molecule has 0 N–H and O–H groups in total. The zero-order chi connectivity index (χ0) is 19.3. The average Bonchev–Trinajstić information content (AvgIpc) is 2.70. The SMILES string of the molecule is CCCCCCCN(CCN1CCN(C)CC1)C(=O)OCc1ccccc1. The second-order valence-electron chi connectivity index (χ2n) is 7.59. The Morgan fingerprint density at radius 3 is 2.41 bits per heavy atom. The van der Waals surface area contributed by atoms with Gasteiger partial charge in [-0.1, -0.05) is 62.9 Å². The quantitative estimate of drug-likeness (QED) is 0.551. The highest BCUT2D eigenvalue weighted by atomic mass is 16.6. The molecule has 2 rings (SSSR count). The molecular weight excluding hydrogens is 338 g/mol. The van der Waals surface area contributed by atoms with E-state index in [1.165, 1.54) is 25.7 Å². The monoisotopic (exact) mass is 375 g/mol. The van der Waals surface area contributed by atoms with Crippen LogP contribution in [0, 0.1) is 0 Å². The van der Waals surface area contributed by atoms with Gasteiger partial charge in [-0.3, -0.25) is 4.90 Å². The summed E-state index contributed by atoms with van der Waals surface area (Å²) in [6, 6.07) is 9.91. The lowest BCUT2D eigenvalue weighted by Crippen LogP contribution is -2.47. The number of piperazine rings is 1. The van der Waals surface area contributed by atoms with Crippen molar-refractivity contribution in [1.29, 1.82) is 0 Å². The minimum Gasteiger partial charge on any atom is -0.445 e. The molecule has 1 aromatic carbocycles. The Balaban J connectivity index is 1.78. The predicted molar refractivity (Wildman–Crippen MR) is 111 cm³/mol. The molecule has 0 radical (unpaired) electrons. The van der Waals surface area contributed by atoms with E-state index in [1.807, 2.05) is 35.2 Å². The Morgan fingerprint density at radius 1 is 1.00 bits per heavy atom. The van der Waals surface area contributed by atoms with E-state index in [0.29, 0.717) is 6.61 Å². The smallest absolute Gasteiger partial charge is 0.410 e. The van der Waals surface area contributed by atoms with Gasteiger partial charge in [-0.2, -0.15) is 0 Å². The van der Waals surface area contributed by atoms with Crippen LogP contribution in [0.4, 0.5) is 4.79 Å². The zero-order valence-corrected chi connectivity index (χ0v) is 17.2. The first-order valence-corrected chi connectivity index (χ1v) is 10.6.